The summed E-state index contributed by atoms with van der Waals surface area (Å²) in [7, 11) is 0. The number of anilines is 1. The highest BCUT2D eigenvalue weighted by Crippen LogP contribution is 2.06. The summed E-state index contributed by atoms with van der Waals surface area (Å²) in [6.45, 7) is 2.43. The molecule has 2 aromatic rings. The summed E-state index contributed by atoms with van der Waals surface area (Å²) in [5.74, 6) is -0.808. The zero-order chi connectivity index (χ0) is 21.2. The van der Waals surface area contributed by atoms with Gasteiger partial charge in [0.15, 0.2) is 5.82 Å². The molecule has 0 fully saturated rings. The molecule has 0 saturated carbocycles. The molecule has 2 rings (SSSR count). The molecule has 0 aliphatic rings. The van der Waals surface area contributed by atoms with E-state index in [1.165, 1.54) is 12.1 Å². The van der Waals surface area contributed by atoms with E-state index in [2.05, 4.69) is 26.1 Å². The molecule has 1 heterocycles. The molecule has 1 aromatic heterocycles. The minimum atomic E-state index is -0.380. The van der Waals surface area contributed by atoms with Crippen molar-refractivity contribution in [1.29, 1.82) is 5.41 Å². The van der Waals surface area contributed by atoms with Crippen molar-refractivity contribution in [3.8, 4) is 0 Å². The van der Waals surface area contributed by atoms with Gasteiger partial charge in [-0.15, -0.1) is 0 Å². The van der Waals surface area contributed by atoms with Crippen molar-refractivity contribution in [2.24, 2.45) is 5.73 Å². The standard InChI is InChI=1S/C18H24FN7O3/c1-11-14(10-15(27)22-8-9-29-26-18(20)21)25-16(17(28)24-11)23-7-6-12-2-4-13(19)5-3-12/h2-5H,6-10H2,1H3,(H,22,27)(H,23,25)(H,24,28)(H4,20,21,26). The van der Waals surface area contributed by atoms with Crippen LogP contribution >= 0.6 is 0 Å². The Morgan fingerprint density at radius 3 is 2.72 bits per heavy atom. The summed E-state index contributed by atoms with van der Waals surface area (Å²) in [6, 6.07) is 6.11. The van der Waals surface area contributed by atoms with Crippen LogP contribution in [0.4, 0.5) is 10.2 Å². The molecule has 0 bridgehead atoms. The first-order valence-corrected chi connectivity index (χ1v) is 8.92. The number of hydrogen-bond donors (Lipinski definition) is 6. The second-order valence-electron chi connectivity index (χ2n) is 6.18. The summed E-state index contributed by atoms with van der Waals surface area (Å²) in [5, 5.41) is 12.5. The molecule has 7 N–H and O–H groups in total. The Bertz CT molecular complexity index is 899. The smallest absolute Gasteiger partial charge is 0.290 e. The van der Waals surface area contributed by atoms with Gasteiger partial charge in [0.2, 0.25) is 11.9 Å². The van der Waals surface area contributed by atoms with Crippen LogP contribution in [0.1, 0.15) is 17.0 Å². The number of nitrogens with two attached hydrogens (primary N) is 1. The van der Waals surface area contributed by atoms with Crippen LogP contribution in [0.2, 0.25) is 0 Å². The van der Waals surface area contributed by atoms with Gasteiger partial charge in [-0.25, -0.2) is 14.9 Å². The number of aryl methyl sites for hydroxylation is 1. The monoisotopic (exact) mass is 405 g/mol. The lowest BCUT2D eigenvalue weighted by Gasteiger charge is -2.10. The lowest BCUT2D eigenvalue weighted by molar-refractivity contribution is -0.120. The first-order chi connectivity index (χ1) is 13.8. The highest BCUT2D eigenvalue weighted by Gasteiger charge is 2.11. The van der Waals surface area contributed by atoms with Crippen molar-refractivity contribution in [2.75, 3.05) is 25.0 Å². The van der Waals surface area contributed by atoms with Gasteiger partial charge in [-0.1, -0.05) is 12.1 Å². The third-order valence-corrected chi connectivity index (χ3v) is 3.85. The predicted octanol–water partition coefficient (Wildman–Crippen LogP) is -0.0546. The molecule has 0 atom stereocenters. The Hall–Kier alpha value is -3.47. The van der Waals surface area contributed by atoms with Gasteiger partial charge in [-0.2, -0.15) is 0 Å². The molecule has 10 nitrogen and oxygen atoms in total. The summed E-state index contributed by atoms with van der Waals surface area (Å²) < 4.78 is 12.9. The van der Waals surface area contributed by atoms with Crippen molar-refractivity contribution in [1.82, 2.24) is 20.8 Å². The SMILES string of the molecule is Cc1[nH]c(=O)c(NCCc2ccc(F)cc2)nc1CC(=O)NCCONC(=N)N. The summed E-state index contributed by atoms with van der Waals surface area (Å²) in [5.41, 5.74) is 8.69. The van der Waals surface area contributed by atoms with Crippen LogP contribution < -0.4 is 27.4 Å². The van der Waals surface area contributed by atoms with Crippen molar-refractivity contribution < 1.29 is 14.0 Å². The number of benzene rings is 1. The molecule has 1 aromatic carbocycles. The molecule has 0 unspecified atom stereocenters. The topological polar surface area (TPSA) is 158 Å². The number of hydroxylamine groups is 1. The number of H-pyrrole nitrogens is 1. The van der Waals surface area contributed by atoms with E-state index in [0.717, 1.165) is 5.56 Å². The van der Waals surface area contributed by atoms with Gasteiger partial charge in [0, 0.05) is 18.8 Å². The number of aromatic nitrogens is 2. The van der Waals surface area contributed by atoms with E-state index in [1.807, 2.05) is 0 Å². The number of carbonyl (C=O) groups is 1. The molecule has 11 heteroatoms. The van der Waals surface area contributed by atoms with E-state index < -0.39 is 0 Å². The average Bonchev–Trinajstić information content (AvgIpc) is 2.66. The van der Waals surface area contributed by atoms with E-state index in [-0.39, 0.29) is 48.6 Å². The second-order valence-corrected chi connectivity index (χ2v) is 6.18. The number of nitrogens with zero attached hydrogens (tertiary/aromatic N) is 1. The number of hydrogen-bond acceptors (Lipinski definition) is 6. The summed E-state index contributed by atoms with van der Waals surface area (Å²) in [4.78, 5) is 35.9. The fraction of sp³-hybridized carbons (Fsp3) is 0.333. The first-order valence-electron chi connectivity index (χ1n) is 8.92. The third-order valence-electron chi connectivity index (χ3n) is 3.85. The predicted molar refractivity (Wildman–Crippen MR) is 106 cm³/mol. The Balaban J connectivity index is 1.87. The molecule has 0 radical (unpaired) electrons. The maximum atomic E-state index is 12.9. The third kappa shape index (κ3) is 7.58. The van der Waals surface area contributed by atoms with Gasteiger partial charge in [0.1, 0.15) is 5.82 Å². The van der Waals surface area contributed by atoms with Crippen LogP contribution in [-0.4, -0.2) is 41.5 Å². The minimum Gasteiger partial charge on any atom is -0.368 e. The summed E-state index contributed by atoms with van der Waals surface area (Å²) in [6.07, 6.45) is 0.564. The Morgan fingerprint density at radius 2 is 2.03 bits per heavy atom. The zero-order valence-electron chi connectivity index (χ0n) is 16.0. The molecule has 0 spiro atoms. The fourth-order valence-electron chi connectivity index (χ4n) is 2.42. The highest BCUT2D eigenvalue weighted by atomic mass is 19.1. The molecule has 0 saturated heterocycles. The maximum absolute atomic E-state index is 12.9. The van der Waals surface area contributed by atoms with Crippen LogP contribution in [0.3, 0.4) is 0 Å². The van der Waals surface area contributed by atoms with Crippen molar-refractivity contribution >= 4 is 17.7 Å². The Morgan fingerprint density at radius 1 is 1.31 bits per heavy atom. The van der Waals surface area contributed by atoms with Gasteiger partial charge in [0.25, 0.3) is 5.56 Å². The number of amides is 1. The first kappa shape index (κ1) is 21.8. The van der Waals surface area contributed by atoms with E-state index in [4.69, 9.17) is 16.0 Å². The number of guanidine groups is 1. The van der Waals surface area contributed by atoms with Gasteiger partial charge >= 0.3 is 0 Å². The fourth-order valence-corrected chi connectivity index (χ4v) is 2.42. The zero-order valence-corrected chi connectivity index (χ0v) is 16.0. The Labute approximate surface area is 166 Å². The van der Waals surface area contributed by atoms with E-state index in [1.54, 1.807) is 19.1 Å². The number of carbonyl (C=O) groups excluding carboxylic acids is 1. The van der Waals surface area contributed by atoms with E-state index >= 15 is 0 Å². The van der Waals surface area contributed by atoms with Crippen LogP contribution in [0, 0.1) is 18.2 Å². The van der Waals surface area contributed by atoms with Crippen molar-refractivity contribution in [3.05, 3.63) is 57.4 Å². The Kier molecular flexibility index (Phi) is 8.10. The molecule has 1 amide bonds. The number of nitrogens with one attached hydrogen (secondary N) is 5. The molecular weight excluding hydrogens is 381 g/mol. The normalized spacial score (nSPS) is 10.4. The van der Waals surface area contributed by atoms with Crippen molar-refractivity contribution in [2.45, 2.75) is 19.8 Å². The molecule has 0 aliphatic heterocycles. The van der Waals surface area contributed by atoms with Crippen LogP contribution in [0.5, 0.6) is 0 Å². The van der Waals surface area contributed by atoms with Gasteiger partial charge in [0.05, 0.1) is 18.7 Å². The lowest BCUT2D eigenvalue weighted by Crippen LogP contribution is -2.35. The lowest BCUT2D eigenvalue weighted by atomic mass is 10.1. The van der Waals surface area contributed by atoms with Crippen molar-refractivity contribution in [3.63, 3.8) is 0 Å². The number of halogens is 1. The maximum Gasteiger partial charge on any atom is 0.290 e. The largest absolute Gasteiger partial charge is 0.368 e. The van der Waals surface area contributed by atoms with Gasteiger partial charge in [-0.3, -0.25) is 19.8 Å². The highest BCUT2D eigenvalue weighted by molar-refractivity contribution is 5.78. The second kappa shape index (κ2) is 10.8. The summed E-state index contributed by atoms with van der Waals surface area (Å²) >= 11 is 0. The molecule has 156 valence electrons. The van der Waals surface area contributed by atoms with Crippen LogP contribution in [0.25, 0.3) is 0 Å². The van der Waals surface area contributed by atoms with Gasteiger partial charge < -0.3 is 21.4 Å². The van der Waals surface area contributed by atoms with Crippen LogP contribution in [-0.2, 0) is 22.5 Å². The number of rotatable bonds is 10. The van der Waals surface area contributed by atoms with Gasteiger partial charge in [-0.05, 0) is 31.0 Å². The average molecular weight is 405 g/mol. The molecule has 0 aliphatic carbocycles. The van der Waals surface area contributed by atoms with Crippen LogP contribution in [0.15, 0.2) is 29.1 Å². The van der Waals surface area contributed by atoms with E-state index in [0.29, 0.717) is 24.4 Å². The van der Waals surface area contributed by atoms with E-state index in [9.17, 15) is 14.0 Å². The molecular formula is C18H24FN7O3. The quantitative estimate of drug-likeness (QED) is 0.140. The molecule has 29 heavy (non-hydrogen) atoms. The minimum absolute atomic E-state index is 0.0185. The number of aromatic amines is 1.